The normalized spacial score (nSPS) is 12.4. The summed E-state index contributed by atoms with van der Waals surface area (Å²) in [6.07, 6.45) is 0. The van der Waals surface area contributed by atoms with Crippen molar-refractivity contribution in [3.8, 4) is 5.75 Å². The average molecular weight is 230 g/mol. The van der Waals surface area contributed by atoms with Crippen LogP contribution in [0, 0.1) is 13.8 Å². The lowest BCUT2D eigenvalue weighted by Crippen LogP contribution is -2.20. The predicted molar refractivity (Wildman–Crippen MR) is 69.8 cm³/mol. The van der Waals surface area contributed by atoms with Crippen LogP contribution in [0.15, 0.2) is 36.4 Å². The fourth-order valence-electron chi connectivity index (χ4n) is 1.99. The largest absolute Gasteiger partial charge is 0.508 e. The third kappa shape index (κ3) is 2.28. The molecule has 0 aliphatic carbocycles. The van der Waals surface area contributed by atoms with Gasteiger partial charge < -0.3 is 10.5 Å². The van der Waals surface area contributed by atoms with E-state index in [2.05, 4.69) is 31.4 Å². The monoisotopic (exact) mass is 230 g/mol. The highest BCUT2D eigenvalue weighted by Gasteiger charge is 2.10. The third-order valence-corrected chi connectivity index (χ3v) is 3.00. The van der Waals surface area contributed by atoms with Gasteiger partial charge in [-0.2, -0.15) is 0 Å². The van der Waals surface area contributed by atoms with Gasteiger partial charge in [-0.15, -0.1) is 0 Å². The topological polar surface area (TPSA) is 37.2 Å². The molecule has 0 aliphatic heterocycles. The van der Waals surface area contributed by atoms with Crippen molar-refractivity contribution in [3.05, 3.63) is 53.3 Å². The van der Waals surface area contributed by atoms with E-state index in [0.29, 0.717) is 5.75 Å². The van der Waals surface area contributed by atoms with E-state index >= 15 is 0 Å². The summed E-state index contributed by atoms with van der Waals surface area (Å²) < 4.78 is 2.04. The lowest BCUT2D eigenvalue weighted by Gasteiger charge is -2.20. The molecule has 0 fully saturated rings. The van der Waals surface area contributed by atoms with Crippen LogP contribution < -0.4 is 5.43 Å². The zero-order valence-electron chi connectivity index (χ0n) is 10.4. The van der Waals surface area contributed by atoms with Gasteiger partial charge >= 0.3 is 0 Å². The van der Waals surface area contributed by atoms with Gasteiger partial charge in [0.1, 0.15) is 5.75 Å². The Balaban J connectivity index is 2.23. The Hall–Kier alpha value is -1.90. The summed E-state index contributed by atoms with van der Waals surface area (Å²) in [5.74, 6) is 0.329. The van der Waals surface area contributed by atoms with Gasteiger partial charge in [-0.1, -0.05) is 18.2 Å². The van der Waals surface area contributed by atoms with Crippen LogP contribution in [0.25, 0.3) is 0 Å². The molecule has 1 aromatic heterocycles. The van der Waals surface area contributed by atoms with Gasteiger partial charge in [0, 0.05) is 17.0 Å². The van der Waals surface area contributed by atoms with Crippen LogP contribution in [0.3, 0.4) is 0 Å². The van der Waals surface area contributed by atoms with Crippen LogP contribution in [0.1, 0.15) is 29.9 Å². The molecule has 0 spiro atoms. The first-order chi connectivity index (χ1) is 8.09. The molecule has 0 radical (unpaired) electrons. The highest BCUT2D eigenvalue weighted by molar-refractivity contribution is 5.35. The van der Waals surface area contributed by atoms with Crippen LogP contribution in [-0.4, -0.2) is 9.78 Å². The highest BCUT2D eigenvalue weighted by atomic mass is 16.3. The number of rotatable bonds is 3. The molecule has 1 aromatic carbocycles. The Kier molecular flexibility index (Phi) is 3.09. The minimum Gasteiger partial charge on any atom is -0.508 e. The Bertz CT molecular complexity index is 497. The zero-order valence-corrected chi connectivity index (χ0v) is 10.4. The van der Waals surface area contributed by atoms with Crippen LogP contribution in [-0.2, 0) is 0 Å². The molecule has 1 unspecified atom stereocenters. The van der Waals surface area contributed by atoms with Gasteiger partial charge in [0.2, 0.25) is 0 Å². The highest BCUT2D eigenvalue weighted by Crippen LogP contribution is 2.24. The first-order valence-electron chi connectivity index (χ1n) is 5.79. The molecule has 2 N–H and O–H groups in total. The standard InChI is InChI=1S/C14H18N2O/c1-10-8-9-11(2)16(10)15-12(3)13-6-4-5-7-14(13)17/h4-9,12,15,17H,1-3H3. The summed E-state index contributed by atoms with van der Waals surface area (Å²) in [5.41, 5.74) is 6.59. The average Bonchev–Trinajstić information content (AvgIpc) is 2.61. The van der Waals surface area contributed by atoms with Crippen LogP contribution in [0.5, 0.6) is 5.75 Å². The van der Waals surface area contributed by atoms with Crippen LogP contribution in [0.2, 0.25) is 0 Å². The molecular formula is C14H18N2O. The van der Waals surface area contributed by atoms with Gasteiger partial charge in [0.05, 0.1) is 6.04 Å². The smallest absolute Gasteiger partial charge is 0.120 e. The Morgan fingerprint density at radius 3 is 2.24 bits per heavy atom. The van der Waals surface area contributed by atoms with E-state index in [-0.39, 0.29) is 6.04 Å². The maximum Gasteiger partial charge on any atom is 0.120 e. The molecular weight excluding hydrogens is 212 g/mol. The van der Waals surface area contributed by atoms with Crippen molar-refractivity contribution in [2.24, 2.45) is 0 Å². The molecule has 0 bridgehead atoms. The van der Waals surface area contributed by atoms with E-state index in [1.165, 1.54) is 0 Å². The second-order valence-corrected chi connectivity index (χ2v) is 4.36. The molecule has 17 heavy (non-hydrogen) atoms. The summed E-state index contributed by atoms with van der Waals surface area (Å²) in [7, 11) is 0. The lowest BCUT2D eigenvalue weighted by molar-refractivity contribution is 0.463. The van der Waals surface area contributed by atoms with Crippen molar-refractivity contribution in [1.82, 2.24) is 4.68 Å². The number of aromatic hydroxyl groups is 1. The van der Waals surface area contributed by atoms with Gasteiger partial charge in [-0.25, -0.2) is 0 Å². The number of aromatic nitrogens is 1. The molecule has 0 saturated carbocycles. The molecule has 0 amide bonds. The minimum atomic E-state index is 0.0565. The van der Waals surface area contributed by atoms with Gasteiger partial charge in [-0.05, 0) is 39.0 Å². The molecule has 3 heteroatoms. The van der Waals surface area contributed by atoms with Crippen molar-refractivity contribution < 1.29 is 5.11 Å². The second kappa shape index (κ2) is 4.53. The SMILES string of the molecule is Cc1ccc(C)n1NC(C)c1ccccc1O. The fourth-order valence-corrected chi connectivity index (χ4v) is 1.99. The van der Waals surface area contributed by atoms with Gasteiger partial charge in [0.25, 0.3) is 0 Å². The number of benzene rings is 1. The van der Waals surface area contributed by atoms with Crippen molar-refractivity contribution in [2.45, 2.75) is 26.8 Å². The lowest BCUT2D eigenvalue weighted by atomic mass is 10.1. The Morgan fingerprint density at radius 1 is 1.06 bits per heavy atom. The van der Waals surface area contributed by atoms with Gasteiger partial charge in [-0.3, -0.25) is 4.68 Å². The first-order valence-corrected chi connectivity index (χ1v) is 5.79. The molecule has 1 atom stereocenters. The summed E-state index contributed by atoms with van der Waals surface area (Å²) in [4.78, 5) is 0. The van der Waals surface area contributed by atoms with Crippen molar-refractivity contribution in [1.29, 1.82) is 0 Å². The first kappa shape index (κ1) is 11.6. The Labute approximate surface area is 102 Å². The molecule has 2 aromatic rings. The molecule has 0 saturated heterocycles. The van der Waals surface area contributed by atoms with E-state index in [1.54, 1.807) is 6.07 Å². The number of aryl methyl sites for hydroxylation is 2. The number of para-hydroxylation sites is 1. The zero-order chi connectivity index (χ0) is 12.4. The van der Waals surface area contributed by atoms with E-state index in [1.807, 2.05) is 29.8 Å². The number of nitrogens with one attached hydrogen (secondary N) is 1. The van der Waals surface area contributed by atoms with Crippen LogP contribution >= 0.6 is 0 Å². The summed E-state index contributed by atoms with van der Waals surface area (Å²) in [6, 6.07) is 11.6. The number of hydrogen-bond acceptors (Lipinski definition) is 2. The molecule has 3 nitrogen and oxygen atoms in total. The maximum absolute atomic E-state index is 9.80. The van der Waals surface area contributed by atoms with Crippen molar-refractivity contribution in [2.75, 3.05) is 5.43 Å². The summed E-state index contributed by atoms with van der Waals surface area (Å²) in [6.45, 7) is 6.14. The summed E-state index contributed by atoms with van der Waals surface area (Å²) >= 11 is 0. The predicted octanol–water partition coefficient (Wildman–Crippen LogP) is 3.12. The Morgan fingerprint density at radius 2 is 1.65 bits per heavy atom. The summed E-state index contributed by atoms with van der Waals surface area (Å²) in [5, 5.41) is 9.80. The minimum absolute atomic E-state index is 0.0565. The number of phenolic OH excluding ortho intramolecular Hbond substituents is 1. The molecule has 1 heterocycles. The van der Waals surface area contributed by atoms with Crippen molar-refractivity contribution in [3.63, 3.8) is 0 Å². The quantitative estimate of drug-likeness (QED) is 0.850. The van der Waals surface area contributed by atoms with E-state index in [9.17, 15) is 5.11 Å². The third-order valence-electron chi connectivity index (χ3n) is 3.00. The molecule has 2 rings (SSSR count). The fraction of sp³-hybridized carbons (Fsp3) is 0.286. The number of nitrogens with zero attached hydrogens (tertiary/aromatic N) is 1. The van der Waals surface area contributed by atoms with E-state index in [0.717, 1.165) is 17.0 Å². The molecule has 0 aliphatic rings. The number of hydrogen-bond donors (Lipinski definition) is 2. The van der Waals surface area contributed by atoms with Gasteiger partial charge in [0.15, 0.2) is 0 Å². The maximum atomic E-state index is 9.80. The van der Waals surface area contributed by atoms with E-state index < -0.39 is 0 Å². The van der Waals surface area contributed by atoms with Crippen LogP contribution in [0.4, 0.5) is 0 Å². The number of phenols is 1. The van der Waals surface area contributed by atoms with E-state index in [4.69, 9.17) is 0 Å². The molecule has 90 valence electrons. The second-order valence-electron chi connectivity index (χ2n) is 4.36. The van der Waals surface area contributed by atoms with Crippen molar-refractivity contribution >= 4 is 0 Å².